The zero-order valence-corrected chi connectivity index (χ0v) is 13.7. The highest BCUT2D eigenvalue weighted by Gasteiger charge is 2.18. The number of nitrogens with zero attached hydrogens (tertiary/aromatic N) is 2. The third-order valence-corrected chi connectivity index (χ3v) is 3.68. The first-order valence-corrected chi connectivity index (χ1v) is 7.26. The molecule has 2 rings (SSSR count). The third-order valence-electron chi connectivity index (χ3n) is 3.37. The van der Waals surface area contributed by atoms with Crippen molar-refractivity contribution in [3.05, 3.63) is 34.5 Å². The number of aryl methyl sites for hydroxylation is 1. The first kappa shape index (κ1) is 15.6. The summed E-state index contributed by atoms with van der Waals surface area (Å²) in [6, 6.07) is 5.52. The molecular weight excluding hydrogens is 286 g/mol. The van der Waals surface area contributed by atoms with Crippen LogP contribution in [0.1, 0.15) is 31.0 Å². The van der Waals surface area contributed by atoms with Crippen LogP contribution in [0.15, 0.2) is 18.2 Å². The zero-order chi connectivity index (χ0) is 15.6. The van der Waals surface area contributed by atoms with Crippen LogP contribution in [-0.2, 0) is 0 Å². The molecule has 0 spiro atoms. The Bertz CT molecular complexity index is 656. The maximum absolute atomic E-state index is 6.31. The molecule has 0 radical (unpaired) electrons. The predicted octanol–water partition coefficient (Wildman–Crippen LogP) is 4.28. The molecule has 1 aromatic heterocycles. The van der Waals surface area contributed by atoms with E-state index in [1.54, 1.807) is 7.11 Å². The van der Waals surface area contributed by atoms with Crippen molar-refractivity contribution in [1.82, 2.24) is 9.97 Å². The number of benzene rings is 1. The lowest BCUT2D eigenvalue weighted by molar-refractivity contribution is 0.416. The molecule has 0 unspecified atom stereocenters. The number of hydrogen-bond acceptors (Lipinski definition) is 4. The molecule has 0 aliphatic carbocycles. The minimum atomic E-state index is 0.342. The Morgan fingerprint density at radius 3 is 2.52 bits per heavy atom. The Morgan fingerprint density at radius 1 is 1.24 bits per heavy atom. The van der Waals surface area contributed by atoms with Gasteiger partial charge in [-0.3, -0.25) is 0 Å². The number of methoxy groups -OCH3 is 1. The van der Waals surface area contributed by atoms with E-state index in [0.717, 1.165) is 22.6 Å². The van der Waals surface area contributed by atoms with E-state index < -0.39 is 0 Å². The second kappa shape index (κ2) is 6.31. The van der Waals surface area contributed by atoms with Gasteiger partial charge in [-0.05, 0) is 25.0 Å². The maximum Gasteiger partial charge on any atom is 0.167 e. The molecule has 5 heteroatoms. The van der Waals surface area contributed by atoms with Crippen molar-refractivity contribution in [3.63, 3.8) is 0 Å². The molecule has 1 N–H and O–H groups in total. The molecule has 0 atom stereocenters. The number of rotatable bonds is 4. The van der Waals surface area contributed by atoms with Gasteiger partial charge in [0, 0.05) is 18.3 Å². The van der Waals surface area contributed by atoms with Gasteiger partial charge in [0.25, 0.3) is 0 Å². The summed E-state index contributed by atoms with van der Waals surface area (Å²) in [7, 11) is 3.48. The second-order valence-electron chi connectivity index (χ2n) is 5.12. The first-order chi connectivity index (χ1) is 9.99. The van der Waals surface area contributed by atoms with Crippen LogP contribution in [0, 0.1) is 6.92 Å². The van der Waals surface area contributed by atoms with Crippen LogP contribution in [0.2, 0.25) is 5.02 Å². The summed E-state index contributed by atoms with van der Waals surface area (Å²) in [5.74, 6) is 2.41. The predicted molar refractivity (Wildman–Crippen MR) is 87.4 cm³/mol. The Morgan fingerprint density at radius 2 is 1.95 bits per heavy atom. The largest absolute Gasteiger partial charge is 0.496 e. The molecule has 112 valence electrons. The van der Waals surface area contributed by atoms with Crippen molar-refractivity contribution in [2.24, 2.45) is 0 Å². The highest BCUT2D eigenvalue weighted by molar-refractivity contribution is 6.33. The van der Waals surface area contributed by atoms with E-state index in [9.17, 15) is 0 Å². The SMILES string of the molecule is CNc1nc(-c2c(Cl)cccc2OC)nc(C)c1C(C)C. The molecule has 2 aromatic rings. The zero-order valence-electron chi connectivity index (χ0n) is 13.0. The summed E-state index contributed by atoms with van der Waals surface area (Å²) in [4.78, 5) is 9.25. The van der Waals surface area contributed by atoms with Gasteiger partial charge in [-0.25, -0.2) is 9.97 Å². The van der Waals surface area contributed by atoms with E-state index in [4.69, 9.17) is 16.3 Å². The Labute approximate surface area is 130 Å². The number of ether oxygens (including phenoxy) is 1. The van der Waals surface area contributed by atoms with Crippen molar-refractivity contribution < 1.29 is 4.74 Å². The van der Waals surface area contributed by atoms with Gasteiger partial charge in [-0.1, -0.05) is 31.5 Å². The monoisotopic (exact) mass is 305 g/mol. The molecule has 21 heavy (non-hydrogen) atoms. The van der Waals surface area contributed by atoms with E-state index in [2.05, 4.69) is 29.1 Å². The van der Waals surface area contributed by atoms with Gasteiger partial charge in [-0.2, -0.15) is 0 Å². The van der Waals surface area contributed by atoms with E-state index >= 15 is 0 Å². The fraction of sp³-hybridized carbons (Fsp3) is 0.375. The van der Waals surface area contributed by atoms with Crippen LogP contribution in [0.25, 0.3) is 11.4 Å². The molecule has 0 aliphatic rings. The highest BCUT2D eigenvalue weighted by Crippen LogP contribution is 2.36. The molecule has 1 aromatic carbocycles. The van der Waals surface area contributed by atoms with E-state index in [-0.39, 0.29) is 0 Å². The van der Waals surface area contributed by atoms with Gasteiger partial charge in [0.2, 0.25) is 0 Å². The van der Waals surface area contributed by atoms with Crippen molar-refractivity contribution in [1.29, 1.82) is 0 Å². The Balaban J connectivity index is 2.69. The fourth-order valence-corrected chi connectivity index (χ4v) is 2.72. The van der Waals surface area contributed by atoms with Gasteiger partial charge < -0.3 is 10.1 Å². The van der Waals surface area contributed by atoms with Gasteiger partial charge in [-0.15, -0.1) is 0 Å². The number of aromatic nitrogens is 2. The lowest BCUT2D eigenvalue weighted by Crippen LogP contribution is -2.07. The Kier molecular flexibility index (Phi) is 4.68. The van der Waals surface area contributed by atoms with E-state index in [1.165, 1.54) is 0 Å². The quantitative estimate of drug-likeness (QED) is 0.916. The average molecular weight is 306 g/mol. The van der Waals surface area contributed by atoms with E-state index in [1.807, 2.05) is 32.2 Å². The minimum absolute atomic E-state index is 0.342. The van der Waals surface area contributed by atoms with Crippen LogP contribution < -0.4 is 10.1 Å². The van der Waals surface area contributed by atoms with Gasteiger partial charge in [0.15, 0.2) is 5.82 Å². The Hall–Kier alpha value is -1.81. The number of nitrogens with one attached hydrogen (secondary N) is 1. The summed E-state index contributed by atoms with van der Waals surface area (Å²) in [6.07, 6.45) is 0. The van der Waals surface area contributed by atoms with Crippen LogP contribution in [0.3, 0.4) is 0 Å². The molecule has 0 aliphatic heterocycles. The number of anilines is 1. The lowest BCUT2D eigenvalue weighted by Gasteiger charge is -2.17. The van der Waals surface area contributed by atoms with Crippen molar-refractivity contribution in [3.8, 4) is 17.1 Å². The average Bonchev–Trinajstić information content (AvgIpc) is 2.45. The summed E-state index contributed by atoms with van der Waals surface area (Å²) in [6.45, 7) is 6.25. The van der Waals surface area contributed by atoms with Gasteiger partial charge >= 0.3 is 0 Å². The fourth-order valence-electron chi connectivity index (χ4n) is 2.47. The van der Waals surface area contributed by atoms with Crippen LogP contribution in [-0.4, -0.2) is 24.1 Å². The minimum Gasteiger partial charge on any atom is -0.496 e. The molecule has 4 nitrogen and oxygen atoms in total. The summed E-state index contributed by atoms with van der Waals surface area (Å²) >= 11 is 6.31. The lowest BCUT2D eigenvalue weighted by atomic mass is 10.0. The topological polar surface area (TPSA) is 47.0 Å². The summed E-state index contributed by atoms with van der Waals surface area (Å²) < 4.78 is 5.39. The summed E-state index contributed by atoms with van der Waals surface area (Å²) in [5, 5.41) is 3.73. The molecule has 0 amide bonds. The van der Waals surface area contributed by atoms with Crippen LogP contribution in [0.5, 0.6) is 5.75 Å². The van der Waals surface area contributed by atoms with Crippen molar-refractivity contribution in [2.45, 2.75) is 26.7 Å². The van der Waals surface area contributed by atoms with Crippen molar-refractivity contribution in [2.75, 3.05) is 19.5 Å². The summed E-state index contributed by atoms with van der Waals surface area (Å²) in [5.41, 5.74) is 2.78. The highest BCUT2D eigenvalue weighted by atomic mass is 35.5. The molecule has 0 saturated carbocycles. The van der Waals surface area contributed by atoms with Crippen LogP contribution in [0.4, 0.5) is 5.82 Å². The molecule has 0 fully saturated rings. The molecular formula is C16H20ClN3O. The normalized spacial score (nSPS) is 10.8. The first-order valence-electron chi connectivity index (χ1n) is 6.88. The standard InChI is InChI=1S/C16H20ClN3O/c1-9(2)13-10(3)19-16(20-15(13)18-4)14-11(17)7-6-8-12(14)21-5/h6-9H,1-5H3,(H,18,19,20). The molecule has 0 saturated heterocycles. The molecule has 0 bridgehead atoms. The third kappa shape index (κ3) is 2.95. The van der Waals surface area contributed by atoms with Crippen LogP contribution >= 0.6 is 11.6 Å². The smallest absolute Gasteiger partial charge is 0.167 e. The molecule has 1 heterocycles. The van der Waals surface area contributed by atoms with E-state index in [0.29, 0.717) is 22.5 Å². The van der Waals surface area contributed by atoms with Gasteiger partial charge in [0.05, 0.1) is 17.7 Å². The van der Waals surface area contributed by atoms with Gasteiger partial charge in [0.1, 0.15) is 11.6 Å². The van der Waals surface area contributed by atoms with Crippen molar-refractivity contribution >= 4 is 17.4 Å². The number of halogens is 1. The number of hydrogen-bond donors (Lipinski definition) is 1. The second-order valence-corrected chi connectivity index (χ2v) is 5.52. The maximum atomic E-state index is 6.31.